The maximum atomic E-state index is 11.9. The lowest BCUT2D eigenvalue weighted by atomic mass is 10.2. The molecule has 1 heterocycles. The summed E-state index contributed by atoms with van der Waals surface area (Å²) in [5.74, 6) is -1.18. The van der Waals surface area contributed by atoms with Crippen LogP contribution >= 0.6 is 0 Å². The molecule has 0 aliphatic heterocycles. The third-order valence-corrected chi connectivity index (χ3v) is 2.42. The van der Waals surface area contributed by atoms with Crippen molar-refractivity contribution in [3.8, 4) is 0 Å². The van der Waals surface area contributed by atoms with Gasteiger partial charge in [-0.2, -0.15) is 13.2 Å². The number of anilines is 1. The molecule has 0 saturated heterocycles. The number of aromatic carboxylic acids is 1. The Morgan fingerprint density at radius 3 is 2.57 bits per heavy atom. The van der Waals surface area contributed by atoms with Crippen molar-refractivity contribution in [3.05, 3.63) is 24.0 Å². The number of halogens is 3. The molecule has 0 fully saturated rings. The topological polar surface area (TPSA) is 91.3 Å². The molecule has 0 atom stereocenters. The zero-order chi connectivity index (χ0) is 15.9. The van der Waals surface area contributed by atoms with Crippen LogP contribution in [0.4, 0.5) is 23.7 Å². The molecule has 9 heteroatoms. The van der Waals surface area contributed by atoms with Crippen molar-refractivity contribution in [2.24, 2.45) is 0 Å². The Labute approximate surface area is 118 Å². The lowest BCUT2D eigenvalue weighted by molar-refractivity contribution is -0.135. The highest BCUT2D eigenvalue weighted by Crippen LogP contribution is 2.21. The highest BCUT2D eigenvalue weighted by atomic mass is 19.4. The number of nitrogens with zero attached hydrogens (tertiary/aromatic N) is 1. The molecule has 1 aromatic rings. The number of carboxylic acid groups (broad SMARTS) is 1. The first-order chi connectivity index (χ1) is 9.78. The van der Waals surface area contributed by atoms with E-state index in [1.165, 1.54) is 12.3 Å². The molecule has 1 aromatic heterocycles. The first-order valence-electron chi connectivity index (χ1n) is 6.08. The molecule has 2 amide bonds. The fourth-order valence-corrected chi connectivity index (χ4v) is 1.45. The van der Waals surface area contributed by atoms with Crippen LogP contribution in [0.5, 0.6) is 0 Å². The van der Waals surface area contributed by atoms with Gasteiger partial charge in [-0.15, -0.1) is 0 Å². The molecule has 6 nitrogen and oxygen atoms in total. The van der Waals surface area contributed by atoms with Crippen molar-refractivity contribution in [1.82, 2.24) is 10.3 Å². The number of hydrogen-bond donors (Lipinski definition) is 3. The molecular formula is C12H14F3N3O3. The quantitative estimate of drug-likeness (QED) is 0.705. The van der Waals surface area contributed by atoms with E-state index in [9.17, 15) is 22.8 Å². The number of carboxylic acids is 1. The van der Waals surface area contributed by atoms with E-state index >= 15 is 0 Å². The number of carbonyl (C=O) groups excluding carboxylic acids is 1. The molecule has 0 aliphatic rings. The minimum atomic E-state index is -4.19. The van der Waals surface area contributed by atoms with Crippen LogP contribution < -0.4 is 10.6 Å². The molecule has 3 N–H and O–H groups in total. The monoisotopic (exact) mass is 305 g/mol. The van der Waals surface area contributed by atoms with E-state index in [1.54, 1.807) is 0 Å². The van der Waals surface area contributed by atoms with Gasteiger partial charge in [-0.3, -0.25) is 4.98 Å². The summed E-state index contributed by atoms with van der Waals surface area (Å²) in [4.78, 5) is 25.8. The summed E-state index contributed by atoms with van der Waals surface area (Å²) in [6, 6.07) is 0.588. The molecule has 0 bridgehead atoms. The van der Waals surface area contributed by atoms with E-state index in [2.05, 4.69) is 15.6 Å². The van der Waals surface area contributed by atoms with Crippen LogP contribution in [-0.4, -0.2) is 34.8 Å². The van der Waals surface area contributed by atoms with E-state index in [0.29, 0.717) is 0 Å². The van der Waals surface area contributed by atoms with E-state index < -0.39 is 24.6 Å². The zero-order valence-corrected chi connectivity index (χ0v) is 10.9. The highest BCUT2D eigenvalue weighted by Gasteiger charge is 2.25. The number of urea groups is 1. The smallest absolute Gasteiger partial charge is 0.389 e. The third kappa shape index (κ3) is 7.14. The summed E-state index contributed by atoms with van der Waals surface area (Å²) in [5.41, 5.74) is 0.0978. The Bertz CT molecular complexity index is 506. The maximum absolute atomic E-state index is 11.9. The Kier molecular flexibility index (Phi) is 5.94. The van der Waals surface area contributed by atoms with Crippen molar-refractivity contribution < 1.29 is 27.9 Å². The van der Waals surface area contributed by atoms with Gasteiger partial charge in [-0.25, -0.2) is 9.59 Å². The van der Waals surface area contributed by atoms with Gasteiger partial charge in [0.15, 0.2) is 0 Å². The van der Waals surface area contributed by atoms with Crippen molar-refractivity contribution in [2.75, 3.05) is 11.9 Å². The van der Waals surface area contributed by atoms with E-state index in [1.807, 2.05) is 0 Å². The second-order valence-corrected chi connectivity index (χ2v) is 4.22. The number of unbranched alkanes of at least 4 members (excludes halogenated alkanes) is 1. The molecule has 0 spiro atoms. The molecular weight excluding hydrogens is 291 g/mol. The minimum absolute atomic E-state index is 0.0696. The Morgan fingerprint density at radius 1 is 1.24 bits per heavy atom. The van der Waals surface area contributed by atoms with Crippen molar-refractivity contribution >= 4 is 17.7 Å². The lowest BCUT2D eigenvalue weighted by Crippen LogP contribution is -2.29. The van der Waals surface area contributed by atoms with Gasteiger partial charge in [0.25, 0.3) is 0 Å². The average Bonchev–Trinajstić information content (AvgIpc) is 2.37. The number of rotatable bonds is 6. The van der Waals surface area contributed by atoms with Crippen LogP contribution in [-0.2, 0) is 0 Å². The van der Waals surface area contributed by atoms with Gasteiger partial charge in [0.2, 0.25) is 0 Å². The van der Waals surface area contributed by atoms with Crippen LogP contribution in [0.25, 0.3) is 0 Å². The molecule has 0 aromatic carbocycles. The second-order valence-electron chi connectivity index (χ2n) is 4.22. The van der Waals surface area contributed by atoms with Crippen molar-refractivity contribution in [1.29, 1.82) is 0 Å². The van der Waals surface area contributed by atoms with Crippen LogP contribution in [0.1, 0.15) is 29.6 Å². The van der Waals surface area contributed by atoms with Gasteiger partial charge < -0.3 is 15.7 Å². The summed E-state index contributed by atoms with van der Waals surface area (Å²) in [7, 11) is 0. The third-order valence-electron chi connectivity index (χ3n) is 2.42. The Morgan fingerprint density at radius 2 is 1.95 bits per heavy atom. The van der Waals surface area contributed by atoms with E-state index in [4.69, 9.17) is 5.11 Å². The fraction of sp³-hybridized carbons (Fsp3) is 0.417. The maximum Gasteiger partial charge on any atom is 0.389 e. The summed E-state index contributed by atoms with van der Waals surface area (Å²) in [6.07, 6.45) is -2.56. The first-order valence-corrected chi connectivity index (χ1v) is 6.08. The van der Waals surface area contributed by atoms with Crippen LogP contribution in [0.2, 0.25) is 0 Å². The Hall–Kier alpha value is -2.32. The summed E-state index contributed by atoms with van der Waals surface area (Å²) < 4.78 is 35.6. The Balaban J connectivity index is 2.31. The molecule has 0 unspecified atom stereocenters. The van der Waals surface area contributed by atoms with E-state index in [-0.39, 0.29) is 30.6 Å². The predicted octanol–water partition coefficient (Wildman–Crippen LogP) is 2.63. The van der Waals surface area contributed by atoms with Gasteiger partial charge in [0, 0.05) is 19.2 Å². The van der Waals surface area contributed by atoms with Gasteiger partial charge in [-0.05, 0) is 18.9 Å². The average molecular weight is 305 g/mol. The number of carbonyl (C=O) groups is 2. The van der Waals surface area contributed by atoms with Gasteiger partial charge in [0.1, 0.15) is 0 Å². The zero-order valence-electron chi connectivity index (χ0n) is 10.9. The molecule has 0 radical (unpaired) electrons. The normalized spacial score (nSPS) is 11.0. The number of alkyl halides is 3. The van der Waals surface area contributed by atoms with Gasteiger partial charge >= 0.3 is 18.2 Å². The number of pyridine rings is 1. The molecule has 21 heavy (non-hydrogen) atoms. The van der Waals surface area contributed by atoms with Gasteiger partial charge in [-0.1, -0.05) is 0 Å². The largest absolute Gasteiger partial charge is 0.478 e. The van der Waals surface area contributed by atoms with Crippen LogP contribution in [0.3, 0.4) is 0 Å². The standard InChI is InChI=1S/C12H14F3N3O3/c13-12(14,15)3-1-2-4-17-11(21)18-9-5-8(10(19)20)6-16-7-9/h5-7H,1-4H2,(H,19,20)(H2,17,18,21). The number of hydrogen-bond acceptors (Lipinski definition) is 3. The SMILES string of the molecule is O=C(NCCCCC(F)(F)F)Nc1cncc(C(=O)O)c1. The molecule has 0 aliphatic carbocycles. The predicted molar refractivity (Wildman–Crippen MR) is 68.1 cm³/mol. The van der Waals surface area contributed by atoms with Crippen molar-refractivity contribution in [3.63, 3.8) is 0 Å². The van der Waals surface area contributed by atoms with Gasteiger partial charge in [0.05, 0.1) is 17.4 Å². The number of aromatic nitrogens is 1. The number of amides is 2. The first kappa shape index (κ1) is 16.7. The lowest BCUT2D eigenvalue weighted by Gasteiger charge is -2.08. The number of nitrogens with one attached hydrogen (secondary N) is 2. The summed E-state index contributed by atoms with van der Waals surface area (Å²) in [5, 5.41) is 13.5. The van der Waals surface area contributed by atoms with Crippen molar-refractivity contribution in [2.45, 2.75) is 25.4 Å². The second kappa shape index (κ2) is 7.46. The van der Waals surface area contributed by atoms with Crippen LogP contribution in [0, 0.1) is 0 Å². The summed E-state index contributed by atoms with van der Waals surface area (Å²) >= 11 is 0. The van der Waals surface area contributed by atoms with Crippen LogP contribution in [0.15, 0.2) is 18.5 Å². The fourth-order valence-electron chi connectivity index (χ4n) is 1.45. The molecule has 0 saturated carbocycles. The minimum Gasteiger partial charge on any atom is -0.478 e. The van der Waals surface area contributed by atoms with E-state index in [0.717, 1.165) is 6.20 Å². The summed E-state index contributed by atoms with van der Waals surface area (Å²) in [6.45, 7) is 0.0912. The highest BCUT2D eigenvalue weighted by molar-refractivity contribution is 5.92. The molecule has 116 valence electrons. The molecule has 1 rings (SSSR count).